The molecule has 7 nitrogen and oxygen atoms in total. The van der Waals surface area contributed by atoms with Gasteiger partial charge in [0.1, 0.15) is 5.75 Å². The minimum atomic E-state index is -0.186. The molecule has 0 unspecified atom stereocenters. The fourth-order valence-electron chi connectivity index (χ4n) is 3.22. The summed E-state index contributed by atoms with van der Waals surface area (Å²) in [5.41, 5.74) is 2.24. The zero-order chi connectivity index (χ0) is 23.7. The molecule has 0 aliphatic heterocycles. The van der Waals surface area contributed by atoms with Crippen LogP contribution in [0.4, 0.5) is 5.69 Å². The number of methoxy groups -OCH3 is 4. The number of nitrogens with one attached hydrogen (secondary N) is 1. The van der Waals surface area contributed by atoms with Gasteiger partial charge < -0.3 is 24.3 Å². The Balaban J connectivity index is 2.35. The van der Waals surface area contributed by atoms with E-state index < -0.39 is 0 Å². The topological polar surface area (TPSA) is 83.1 Å². The van der Waals surface area contributed by atoms with Gasteiger partial charge in [-0.2, -0.15) is 0 Å². The molecule has 0 aliphatic carbocycles. The van der Waals surface area contributed by atoms with Gasteiger partial charge in [-0.1, -0.05) is 19.4 Å². The summed E-state index contributed by atoms with van der Waals surface area (Å²) in [5, 5.41) is 2.89. The van der Waals surface area contributed by atoms with E-state index in [0.717, 1.165) is 18.4 Å². The smallest absolute Gasteiger partial charge is 0.224 e. The molecule has 0 heterocycles. The van der Waals surface area contributed by atoms with Gasteiger partial charge in [0, 0.05) is 12.0 Å². The van der Waals surface area contributed by atoms with Crippen LogP contribution in [-0.4, -0.2) is 40.1 Å². The summed E-state index contributed by atoms with van der Waals surface area (Å²) in [5.74, 6) is 1.53. The van der Waals surface area contributed by atoms with Crippen LogP contribution in [0, 0.1) is 0 Å². The zero-order valence-electron chi connectivity index (χ0n) is 19.5. The lowest BCUT2D eigenvalue weighted by atomic mass is 10.0. The lowest BCUT2D eigenvalue weighted by Gasteiger charge is -2.14. The third-order valence-electron chi connectivity index (χ3n) is 4.92. The SMILES string of the molecule is CCCCC(=O)Nc1cc(C=C(C)C(=O)c2cc(OC)c(OC)c(OC)c2)ccc1OC. The maximum absolute atomic E-state index is 13.1. The fourth-order valence-corrected chi connectivity index (χ4v) is 3.22. The van der Waals surface area contributed by atoms with Gasteiger partial charge in [-0.3, -0.25) is 9.59 Å². The summed E-state index contributed by atoms with van der Waals surface area (Å²) >= 11 is 0. The van der Waals surface area contributed by atoms with Crippen LogP contribution in [0.1, 0.15) is 49.0 Å². The molecule has 2 aromatic carbocycles. The molecule has 172 valence electrons. The number of ketones is 1. The van der Waals surface area contributed by atoms with E-state index in [0.29, 0.717) is 46.2 Å². The van der Waals surface area contributed by atoms with Crippen molar-refractivity contribution in [3.8, 4) is 23.0 Å². The molecule has 32 heavy (non-hydrogen) atoms. The molecule has 0 fully saturated rings. The van der Waals surface area contributed by atoms with Crippen LogP contribution in [0.15, 0.2) is 35.9 Å². The Labute approximate surface area is 189 Å². The van der Waals surface area contributed by atoms with Crippen LogP contribution in [0.3, 0.4) is 0 Å². The van der Waals surface area contributed by atoms with Crippen LogP contribution < -0.4 is 24.3 Å². The van der Waals surface area contributed by atoms with E-state index >= 15 is 0 Å². The van der Waals surface area contributed by atoms with Crippen molar-refractivity contribution in [3.05, 3.63) is 47.0 Å². The molecule has 0 spiro atoms. The molecule has 0 radical (unpaired) electrons. The molecule has 1 N–H and O–H groups in total. The molecule has 0 saturated heterocycles. The lowest BCUT2D eigenvalue weighted by Crippen LogP contribution is -2.12. The van der Waals surface area contributed by atoms with Crippen LogP contribution >= 0.6 is 0 Å². The second kappa shape index (κ2) is 11.8. The highest BCUT2D eigenvalue weighted by Crippen LogP contribution is 2.38. The van der Waals surface area contributed by atoms with Gasteiger partial charge in [-0.15, -0.1) is 0 Å². The second-order valence-electron chi connectivity index (χ2n) is 7.18. The summed E-state index contributed by atoms with van der Waals surface area (Å²) in [7, 11) is 6.06. The molecule has 0 bridgehead atoms. The second-order valence-corrected chi connectivity index (χ2v) is 7.18. The van der Waals surface area contributed by atoms with Gasteiger partial charge in [0.05, 0.1) is 34.1 Å². The highest BCUT2D eigenvalue weighted by atomic mass is 16.5. The van der Waals surface area contributed by atoms with E-state index in [1.807, 2.05) is 13.0 Å². The van der Waals surface area contributed by atoms with Gasteiger partial charge in [0.2, 0.25) is 11.7 Å². The largest absolute Gasteiger partial charge is 0.495 e. The first-order chi connectivity index (χ1) is 15.4. The summed E-state index contributed by atoms with van der Waals surface area (Å²) in [4.78, 5) is 25.2. The number of ether oxygens (including phenoxy) is 4. The monoisotopic (exact) mass is 441 g/mol. The number of rotatable bonds is 11. The van der Waals surface area contributed by atoms with Crippen LogP contribution in [-0.2, 0) is 4.79 Å². The first kappa shape index (κ1) is 24.8. The van der Waals surface area contributed by atoms with Crippen LogP contribution in [0.25, 0.3) is 6.08 Å². The van der Waals surface area contributed by atoms with Crippen LogP contribution in [0.5, 0.6) is 23.0 Å². The maximum Gasteiger partial charge on any atom is 0.224 e. The number of allylic oxidation sites excluding steroid dienone is 1. The average molecular weight is 442 g/mol. The molecule has 1 amide bonds. The normalized spacial score (nSPS) is 11.0. The summed E-state index contributed by atoms with van der Waals surface area (Å²) in [6, 6.07) is 8.61. The Morgan fingerprint density at radius 3 is 2.06 bits per heavy atom. The van der Waals surface area contributed by atoms with Crippen molar-refractivity contribution in [2.24, 2.45) is 0 Å². The number of benzene rings is 2. The quantitative estimate of drug-likeness (QED) is 0.384. The third-order valence-corrected chi connectivity index (χ3v) is 4.92. The van der Waals surface area contributed by atoms with Crippen molar-refractivity contribution in [2.75, 3.05) is 33.8 Å². The van der Waals surface area contributed by atoms with E-state index in [1.165, 1.54) is 21.3 Å². The number of anilines is 1. The number of unbranched alkanes of at least 4 members (excludes halogenated alkanes) is 1. The van der Waals surface area contributed by atoms with Crippen molar-refractivity contribution >= 4 is 23.5 Å². The van der Waals surface area contributed by atoms with Gasteiger partial charge >= 0.3 is 0 Å². The number of Topliss-reactive ketones (excluding diaryl/α,β-unsaturated/α-hetero) is 1. The van der Waals surface area contributed by atoms with Gasteiger partial charge in [-0.05, 0) is 54.8 Å². The highest BCUT2D eigenvalue weighted by Gasteiger charge is 2.18. The zero-order valence-corrected chi connectivity index (χ0v) is 19.5. The Bertz CT molecular complexity index is 971. The van der Waals surface area contributed by atoms with Crippen molar-refractivity contribution in [3.63, 3.8) is 0 Å². The molecular formula is C25H31NO6. The van der Waals surface area contributed by atoms with Crippen molar-refractivity contribution in [1.82, 2.24) is 0 Å². The number of amides is 1. The molecule has 2 aromatic rings. The third kappa shape index (κ3) is 6.03. The van der Waals surface area contributed by atoms with E-state index in [9.17, 15) is 9.59 Å². The van der Waals surface area contributed by atoms with Crippen LogP contribution in [0.2, 0.25) is 0 Å². The molecule has 2 rings (SSSR count). The van der Waals surface area contributed by atoms with E-state index in [2.05, 4.69) is 5.32 Å². The highest BCUT2D eigenvalue weighted by molar-refractivity contribution is 6.11. The Hall–Kier alpha value is -3.48. The van der Waals surface area contributed by atoms with E-state index in [4.69, 9.17) is 18.9 Å². The number of carbonyl (C=O) groups excluding carboxylic acids is 2. The van der Waals surface area contributed by atoms with Crippen molar-refractivity contribution in [1.29, 1.82) is 0 Å². The Kier molecular flexibility index (Phi) is 9.13. The van der Waals surface area contributed by atoms with E-state index in [-0.39, 0.29) is 11.7 Å². The fraction of sp³-hybridized carbons (Fsp3) is 0.360. The maximum atomic E-state index is 13.1. The Morgan fingerprint density at radius 1 is 0.906 bits per heavy atom. The Morgan fingerprint density at radius 2 is 1.53 bits per heavy atom. The average Bonchev–Trinajstić information content (AvgIpc) is 2.81. The predicted molar refractivity (Wildman–Crippen MR) is 125 cm³/mol. The minimum Gasteiger partial charge on any atom is -0.495 e. The van der Waals surface area contributed by atoms with Gasteiger partial charge in [0.25, 0.3) is 0 Å². The summed E-state index contributed by atoms with van der Waals surface area (Å²) < 4.78 is 21.4. The van der Waals surface area contributed by atoms with Gasteiger partial charge in [-0.25, -0.2) is 0 Å². The first-order valence-corrected chi connectivity index (χ1v) is 10.4. The lowest BCUT2D eigenvalue weighted by molar-refractivity contribution is -0.116. The number of hydrogen-bond donors (Lipinski definition) is 1. The number of hydrogen-bond acceptors (Lipinski definition) is 6. The van der Waals surface area contributed by atoms with Crippen molar-refractivity contribution in [2.45, 2.75) is 33.1 Å². The molecule has 7 heteroatoms. The molecule has 0 aliphatic rings. The first-order valence-electron chi connectivity index (χ1n) is 10.4. The molecule has 0 aromatic heterocycles. The molecule has 0 atom stereocenters. The standard InChI is InChI=1S/C25H31NO6/c1-7-8-9-23(27)26-19-13-17(10-11-20(19)29-3)12-16(2)24(28)18-14-21(30-4)25(32-6)22(15-18)31-5/h10-15H,7-9H2,1-6H3,(H,26,27). The predicted octanol–water partition coefficient (Wildman–Crippen LogP) is 5.14. The summed E-state index contributed by atoms with van der Waals surface area (Å²) in [6.45, 7) is 3.77. The van der Waals surface area contributed by atoms with Crippen molar-refractivity contribution < 1.29 is 28.5 Å². The molecule has 0 saturated carbocycles. The van der Waals surface area contributed by atoms with Gasteiger partial charge in [0.15, 0.2) is 17.3 Å². The molecular weight excluding hydrogens is 410 g/mol. The summed E-state index contributed by atoms with van der Waals surface area (Å²) in [6.07, 6.45) is 3.96. The van der Waals surface area contributed by atoms with E-state index in [1.54, 1.807) is 44.4 Å². The minimum absolute atomic E-state index is 0.0727. The number of carbonyl (C=O) groups is 2.